The Morgan fingerprint density at radius 1 is 1.89 bits per heavy atom. The Morgan fingerprint density at radius 3 is 2.78 bits per heavy atom. The maximum atomic E-state index is 10.3. The van der Waals surface area contributed by atoms with Gasteiger partial charge in [0.15, 0.2) is 0 Å². The molecule has 1 aromatic heterocycles. The molecule has 0 fully saturated rings. The van der Waals surface area contributed by atoms with Crippen LogP contribution >= 0.6 is 0 Å². The summed E-state index contributed by atoms with van der Waals surface area (Å²) in [6.45, 7) is 5.40. The van der Waals surface area contributed by atoms with Gasteiger partial charge in [-0.15, -0.1) is 0 Å². The van der Waals surface area contributed by atoms with Gasteiger partial charge in [-0.05, 0) is 12.5 Å². The second kappa shape index (κ2) is 1.93. The fourth-order valence-electron chi connectivity index (χ4n) is 0.489. The standard InChI is InChI=1S/C6H7NO2/c1-4(2)5-3-9-6(8)7-5/h3H,1H2,2H3,(H,7,8). The Bertz CT molecular complexity index is 269. The molecule has 0 bridgehead atoms. The van der Waals surface area contributed by atoms with Crippen molar-refractivity contribution in [1.82, 2.24) is 4.98 Å². The van der Waals surface area contributed by atoms with Crippen LogP contribution in [0.2, 0.25) is 0 Å². The molecule has 1 N–H and O–H groups in total. The van der Waals surface area contributed by atoms with Crippen molar-refractivity contribution in [2.24, 2.45) is 0 Å². The first kappa shape index (κ1) is 5.88. The molecule has 3 nitrogen and oxygen atoms in total. The number of rotatable bonds is 1. The summed E-state index contributed by atoms with van der Waals surface area (Å²) >= 11 is 0. The van der Waals surface area contributed by atoms with Crippen LogP contribution in [0.25, 0.3) is 5.57 Å². The molecular formula is C6H7NO2. The summed E-state index contributed by atoms with van der Waals surface area (Å²) in [4.78, 5) is 12.8. The molecule has 0 aromatic carbocycles. The SMILES string of the molecule is C=C(C)c1coc(=O)[nH]1. The van der Waals surface area contributed by atoms with E-state index in [9.17, 15) is 4.79 Å². The van der Waals surface area contributed by atoms with E-state index >= 15 is 0 Å². The maximum Gasteiger partial charge on any atom is 0.416 e. The minimum absolute atomic E-state index is 0.437. The first-order valence-electron chi connectivity index (χ1n) is 2.54. The predicted octanol–water partition coefficient (Wildman–Crippen LogP) is 1.00. The molecule has 0 saturated carbocycles. The van der Waals surface area contributed by atoms with Crippen LogP contribution in [0.15, 0.2) is 22.1 Å². The second-order valence-electron chi connectivity index (χ2n) is 1.84. The molecule has 1 rings (SSSR count). The zero-order chi connectivity index (χ0) is 6.85. The van der Waals surface area contributed by atoms with Gasteiger partial charge in [0, 0.05) is 0 Å². The Kier molecular flexibility index (Phi) is 1.26. The zero-order valence-corrected chi connectivity index (χ0v) is 5.10. The van der Waals surface area contributed by atoms with Crippen LogP contribution in [0.3, 0.4) is 0 Å². The van der Waals surface area contributed by atoms with Crippen molar-refractivity contribution in [2.75, 3.05) is 0 Å². The Hall–Kier alpha value is -1.25. The molecule has 0 aliphatic carbocycles. The van der Waals surface area contributed by atoms with E-state index in [1.807, 2.05) is 0 Å². The molecule has 0 saturated heterocycles. The van der Waals surface area contributed by atoms with E-state index in [0.717, 1.165) is 5.57 Å². The number of hydrogen-bond acceptors (Lipinski definition) is 2. The molecule has 1 heterocycles. The highest BCUT2D eigenvalue weighted by molar-refractivity contribution is 5.55. The summed E-state index contributed by atoms with van der Waals surface area (Å²) < 4.78 is 4.45. The van der Waals surface area contributed by atoms with E-state index in [4.69, 9.17) is 0 Å². The second-order valence-corrected chi connectivity index (χ2v) is 1.84. The molecule has 0 unspecified atom stereocenters. The van der Waals surface area contributed by atoms with Gasteiger partial charge in [-0.25, -0.2) is 4.79 Å². The van der Waals surface area contributed by atoms with Crippen LogP contribution in [0.5, 0.6) is 0 Å². The zero-order valence-electron chi connectivity index (χ0n) is 5.10. The van der Waals surface area contributed by atoms with Gasteiger partial charge in [0.05, 0.1) is 5.69 Å². The van der Waals surface area contributed by atoms with E-state index in [-0.39, 0.29) is 0 Å². The molecular weight excluding hydrogens is 118 g/mol. The Balaban J connectivity index is 3.12. The van der Waals surface area contributed by atoms with Gasteiger partial charge in [-0.2, -0.15) is 0 Å². The van der Waals surface area contributed by atoms with Crippen LogP contribution in [-0.4, -0.2) is 4.98 Å². The van der Waals surface area contributed by atoms with Crippen LogP contribution < -0.4 is 5.76 Å². The topological polar surface area (TPSA) is 46.0 Å². The summed E-state index contributed by atoms with van der Waals surface area (Å²) in [7, 11) is 0. The van der Waals surface area contributed by atoms with Crippen LogP contribution in [-0.2, 0) is 0 Å². The highest BCUT2D eigenvalue weighted by Crippen LogP contribution is 2.03. The summed E-state index contributed by atoms with van der Waals surface area (Å²) in [5.74, 6) is -0.437. The lowest BCUT2D eigenvalue weighted by molar-refractivity contribution is 0.515. The summed E-state index contributed by atoms with van der Waals surface area (Å²) in [6, 6.07) is 0. The average Bonchev–Trinajstić information content (AvgIpc) is 2.14. The first-order chi connectivity index (χ1) is 4.20. The molecule has 0 aliphatic heterocycles. The smallest absolute Gasteiger partial charge is 0.416 e. The quantitative estimate of drug-likeness (QED) is 0.608. The van der Waals surface area contributed by atoms with Gasteiger partial charge in [0.25, 0.3) is 0 Å². The monoisotopic (exact) mass is 125 g/mol. The lowest BCUT2D eigenvalue weighted by Gasteiger charge is -1.85. The van der Waals surface area contributed by atoms with Crippen molar-refractivity contribution in [1.29, 1.82) is 0 Å². The summed E-state index contributed by atoms with van der Waals surface area (Å²) in [6.07, 6.45) is 1.35. The van der Waals surface area contributed by atoms with Crippen molar-refractivity contribution in [3.63, 3.8) is 0 Å². The van der Waals surface area contributed by atoms with Gasteiger partial charge in [0.1, 0.15) is 6.26 Å². The third kappa shape index (κ3) is 1.10. The molecule has 0 spiro atoms. The minimum atomic E-state index is -0.437. The number of allylic oxidation sites excluding steroid dienone is 1. The molecule has 0 aliphatic rings. The molecule has 0 amide bonds. The van der Waals surface area contributed by atoms with Crippen LogP contribution in [0, 0.1) is 0 Å². The van der Waals surface area contributed by atoms with E-state index in [1.54, 1.807) is 6.92 Å². The van der Waals surface area contributed by atoms with Gasteiger partial charge < -0.3 is 4.42 Å². The maximum absolute atomic E-state index is 10.3. The number of nitrogens with one attached hydrogen (secondary N) is 1. The van der Waals surface area contributed by atoms with E-state index in [2.05, 4.69) is 16.0 Å². The number of oxazole rings is 1. The molecule has 0 atom stereocenters. The average molecular weight is 125 g/mol. The number of aromatic nitrogens is 1. The van der Waals surface area contributed by atoms with Gasteiger partial charge >= 0.3 is 5.76 Å². The molecule has 3 heteroatoms. The lowest BCUT2D eigenvalue weighted by Crippen LogP contribution is -1.95. The van der Waals surface area contributed by atoms with Crippen molar-refractivity contribution < 1.29 is 4.42 Å². The normalized spacial score (nSPS) is 9.44. The highest BCUT2D eigenvalue weighted by atomic mass is 16.4. The van der Waals surface area contributed by atoms with Crippen molar-refractivity contribution in [3.8, 4) is 0 Å². The number of aromatic amines is 1. The molecule has 0 radical (unpaired) electrons. The first-order valence-corrected chi connectivity index (χ1v) is 2.54. The van der Waals surface area contributed by atoms with Crippen LogP contribution in [0.4, 0.5) is 0 Å². The highest BCUT2D eigenvalue weighted by Gasteiger charge is 1.94. The lowest BCUT2D eigenvalue weighted by atomic mass is 10.3. The van der Waals surface area contributed by atoms with Gasteiger partial charge in [0.2, 0.25) is 0 Å². The van der Waals surface area contributed by atoms with Crippen molar-refractivity contribution in [3.05, 3.63) is 29.1 Å². The Morgan fingerprint density at radius 2 is 2.56 bits per heavy atom. The fourth-order valence-corrected chi connectivity index (χ4v) is 0.489. The third-order valence-electron chi connectivity index (χ3n) is 0.980. The van der Waals surface area contributed by atoms with Crippen LogP contribution in [0.1, 0.15) is 12.6 Å². The number of H-pyrrole nitrogens is 1. The molecule has 48 valence electrons. The van der Waals surface area contributed by atoms with Crippen molar-refractivity contribution in [2.45, 2.75) is 6.92 Å². The fraction of sp³-hybridized carbons (Fsp3) is 0.167. The third-order valence-corrected chi connectivity index (χ3v) is 0.980. The largest absolute Gasteiger partial charge is 0.416 e. The predicted molar refractivity (Wildman–Crippen MR) is 34.0 cm³/mol. The molecule has 9 heavy (non-hydrogen) atoms. The van der Waals surface area contributed by atoms with Crippen molar-refractivity contribution >= 4 is 5.57 Å². The summed E-state index contributed by atoms with van der Waals surface area (Å²) in [5, 5.41) is 0. The summed E-state index contributed by atoms with van der Waals surface area (Å²) in [5.41, 5.74) is 1.45. The van der Waals surface area contributed by atoms with E-state index in [1.165, 1.54) is 6.26 Å². The van der Waals surface area contributed by atoms with Gasteiger partial charge in [-0.3, -0.25) is 4.98 Å². The van der Waals surface area contributed by atoms with Gasteiger partial charge in [-0.1, -0.05) is 6.58 Å². The van der Waals surface area contributed by atoms with E-state index < -0.39 is 5.76 Å². The minimum Gasteiger partial charge on any atom is -0.416 e. The van der Waals surface area contributed by atoms with E-state index in [0.29, 0.717) is 5.69 Å². The molecule has 1 aromatic rings. The Labute approximate surface area is 52.0 Å². The number of hydrogen-bond donors (Lipinski definition) is 1.